The molecule has 0 aliphatic rings. The van der Waals surface area contributed by atoms with Crippen molar-refractivity contribution in [2.75, 3.05) is 26.4 Å². The van der Waals surface area contributed by atoms with Crippen LogP contribution >= 0.6 is 0 Å². The molecule has 44 heavy (non-hydrogen) atoms. The van der Waals surface area contributed by atoms with E-state index in [0.717, 1.165) is 33.4 Å². The molecular formula is C36H38O8. The van der Waals surface area contributed by atoms with Crippen LogP contribution in [0.4, 0.5) is 0 Å². The summed E-state index contributed by atoms with van der Waals surface area (Å²) in [5.74, 6) is -0.257. The van der Waals surface area contributed by atoms with Crippen LogP contribution in [-0.2, 0) is 19.1 Å². The maximum atomic E-state index is 12.3. The van der Waals surface area contributed by atoms with Crippen LogP contribution in [0, 0.1) is 0 Å². The summed E-state index contributed by atoms with van der Waals surface area (Å²) in [7, 11) is 0. The molecule has 0 saturated heterocycles. The van der Waals surface area contributed by atoms with Crippen molar-refractivity contribution >= 4 is 11.9 Å². The average molecular weight is 599 g/mol. The third-order valence-electron chi connectivity index (χ3n) is 7.05. The zero-order chi connectivity index (χ0) is 31.3. The number of aliphatic hydroxyl groups excluding tert-OH is 2. The molecule has 4 aromatic carbocycles. The first kappa shape index (κ1) is 32.6. The maximum Gasteiger partial charge on any atom is 0.311 e. The smallest absolute Gasteiger partial charge is 0.311 e. The molecular weight excluding hydrogens is 560 g/mol. The average Bonchev–Trinajstić information content (AvgIpc) is 3.06. The van der Waals surface area contributed by atoms with Gasteiger partial charge in [0.05, 0.1) is 51.5 Å². The Morgan fingerprint density at radius 3 is 1.11 bits per heavy atom. The fourth-order valence-corrected chi connectivity index (χ4v) is 4.54. The number of ether oxygens (including phenoxy) is 4. The van der Waals surface area contributed by atoms with Crippen LogP contribution in [0.25, 0.3) is 22.3 Å². The van der Waals surface area contributed by atoms with E-state index in [1.165, 1.54) is 0 Å². The molecule has 0 spiro atoms. The van der Waals surface area contributed by atoms with Crippen molar-refractivity contribution in [3.8, 4) is 33.8 Å². The number of hydrogen-bond acceptors (Lipinski definition) is 8. The summed E-state index contributed by atoms with van der Waals surface area (Å²) in [5.41, 5.74) is 5.97. The van der Waals surface area contributed by atoms with Crippen molar-refractivity contribution in [2.24, 2.45) is 0 Å². The first-order valence-electron chi connectivity index (χ1n) is 14.6. The number of carbonyl (C=O) groups is 2. The molecule has 0 amide bonds. The molecule has 0 heterocycles. The molecule has 0 bridgehead atoms. The van der Waals surface area contributed by atoms with E-state index in [4.69, 9.17) is 29.2 Å². The quantitative estimate of drug-likeness (QED) is 0.119. The Balaban J connectivity index is 1.21. The van der Waals surface area contributed by atoms with Gasteiger partial charge in [0, 0.05) is 0 Å². The fourth-order valence-electron chi connectivity index (χ4n) is 4.54. The third kappa shape index (κ3) is 9.59. The van der Waals surface area contributed by atoms with Crippen LogP contribution in [0.5, 0.6) is 11.5 Å². The van der Waals surface area contributed by atoms with Gasteiger partial charge >= 0.3 is 11.9 Å². The molecule has 0 aliphatic heterocycles. The number of benzene rings is 4. The van der Waals surface area contributed by atoms with Crippen LogP contribution in [0.3, 0.4) is 0 Å². The number of rotatable bonds is 15. The fraction of sp³-hybridized carbons (Fsp3) is 0.278. The molecule has 0 saturated carbocycles. The maximum absolute atomic E-state index is 12.3. The van der Waals surface area contributed by atoms with Crippen molar-refractivity contribution in [1.29, 1.82) is 0 Å². The summed E-state index contributed by atoms with van der Waals surface area (Å²) in [5, 5.41) is 17.9. The normalized spacial score (nSPS) is 12.4. The topological polar surface area (TPSA) is 112 Å². The lowest BCUT2D eigenvalue weighted by molar-refractivity contribution is -0.140. The number of hydrogen-bond donors (Lipinski definition) is 2. The second-order valence-corrected chi connectivity index (χ2v) is 10.2. The SMILES string of the molecule is CC(OCCO)c1ccc(-c2ccc(OC(=O)CCC(=O)Oc3ccc(-c4ccc(C(C)OCCO)cc4)cc3)cc2)cc1. The van der Waals surface area contributed by atoms with Crippen molar-refractivity contribution in [3.63, 3.8) is 0 Å². The lowest BCUT2D eigenvalue weighted by Crippen LogP contribution is -2.14. The standard InChI is InChI=1S/C36H38O8/c1-25(41-23-21-37)27-3-7-29(8-4-27)31-11-15-33(16-12-31)43-35(39)19-20-36(40)44-34-17-13-32(14-18-34)30-9-5-28(6-10-30)26(2)42-24-22-38/h3-18,25-26,37-38H,19-24H2,1-2H3. The first-order valence-corrected chi connectivity index (χ1v) is 14.6. The molecule has 230 valence electrons. The molecule has 2 N–H and O–H groups in total. The molecule has 2 unspecified atom stereocenters. The van der Waals surface area contributed by atoms with E-state index in [2.05, 4.69) is 0 Å². The van der Waals surface area contributed by atoms with Gasteiger partial charge in [-0.2, -0.15) is 0 Å². The van der Waals surface area contributed by atoms with Gasteiger partial charge < -0.3 is 29.2 Å². The van der Waals surface area contributed by atoms with E-state index >= 15 is 0 Å². The molecule has 4 aromatic rings. The number of aliphatic hydroxyl groups is 2. The van der Waals surface area contributed by atoms with Crippen LogP contribution in [-0.4, -0.2) is 48.6 Å². The van der Waals surface area contributed by atoms with E-state index < -0.39 is 11.9 Å². The van der Waals surface area contributed by atoms with Crippen LogP contribution in [0.15, 0.2) is 97.1 Å². The minimum atomic E-state index is -0.522. The second kappa shape index (κ2) is 16.5. The summed E-state index contributed by atoms with van der Waals surface area (Å²) < 4.78 is 21.9. The van der Waals surface area contributed by atoms with E-state index in [-0.39, 0.29) is 38.3 Å². The van der Waals surface area contributed by atoms with Gasteiger partial charge in [-0.25, -0.2) is 0 Å². The lowest BCUT2D eigenvalue weighted by Gasteiger charge is -2.13. The highest BCUT2D eigenvalue weighted by molar-refractivity contribution is 5.80. The molecule has 0 radical (unpaired) electrons. The summed E-state index contributed by atoms with van der Waals surface area (Å²) in [6.07, 6.45) is -0.439. The van der Waals surface area contributed by atoms with Gasteiger partial charge in [0.2, 0.25) is 0 Å². The first-order chi connectivity index (χ1) is 21.4. The van der Waals surface area contributed by atoms with Crippen molar-refractivity contribution in [3.05, 3.63) is 108 Å². The molecule has 2 atom stereocenters. The van der Waals surface area contributed by atoms with Gasteiger partial charge in [0.25, 0.3) is 0 Å². The summed E-state index contributed by atoms with van der Waals surface area (Å²) >= 11 is 0. The Bertz CT molecular complexity index is 1350. The molecule has 8 heteroatoms. The van der Waals surface area contributed by atoms with Crippen molar-refractivity contribution in [2.45, 2.75) is 38.9 Å². The predicted molar refractivity (Wildman–Crippen MR) is 167 cm³/mol. The summed E-state index contributed by atoms with van der Waals surface area (Å²) in [6, 6.07) is 30.2. The van der Waals surface area contributed by atoms with Crippen LogP contribution < -0.4 is 9.47 Å². The van der Waals surface area contributed by atoms with Gasteiger partial charge in [0.1, 0.15) is 11.5 Å². The minimum absolute atomic E-state index is 0.0137. The Labute approximate surface area is 257 Å². The van der Waals surface area contributed by atoms with Gasteiger partial charge in [-0.3, -0.25) is 9.59 Å². The van der Waals surface area contributed by atoms with Gasteiger partial charge in [-0.1, -0.05) is 72.8 Å². The highest BCUT2D eigenvalue weighted by Crippen LogP contribution is 2.27. The minimum Gasteiger partial charge on any atom is -0.427 e. The van der Waals surface area contributed by atoms with Crippen molar-refractivity contribution in [1.82, 2.24) is 0 Å². The Morgan fingerprint density at radius 1 is 0.523 bits per heavy atom. The van der Waals surface area contributed by atoms with Crippen molar-refractivity contribution < 1.29 is 38.7 Å². The molecule has 0 aromatic heterocycles. The second-order valence-electron chi connectivity index (χ2n) is 10.2. The zero-order valence-corrected chi connectivity index (χ0v) is 25.0. The van der Waals surface area contributed by atoms with Crippen LogP contribution in [0.1, 0.15) is 50.0 Å². The Morgan fingerprint density at radius 2 is 0.818 bits per heavy atom. The van der Waals surface area contributed by atoms with Gasteiger partial charge in [-0.05, 0) is 71.5 Å². The molecule has 0 fully saturated rings. The summed E-state index contributed by atoms with van der Waals surface area (Å²) in [6.45, 7) is 4.43. The van der Waals surface area contributed by atoms with Gasteiger partial charge in [-0.15, -0.1) is 0 Å². The lowest BCUT2D eigenvalue weighted by atomic mass is 10.0. The Hall–Kier alpha value is -4.34. The van der Waals surface area contributed by atoms with Gasteiger partial charge in [0.15, 0.2) is 0 Å². The molecule has 8 nitrogen and oxygen atoms in total. The molecule has 0 aliphatic carbocycles. The number of carbonyl (C=O) groups excluding carboxylic acids is 2. The van der Waals surface area contributed by atoms with E-state index in [1.54, 1.807) is 24.3 Å². The predicted octanol–water partition coefficient (Wildman–Crippen LogP) is 6.45. The highest BCUT2D eigenvalue weighted by atomic mass is 16.5. The van der Waals surface area contributed by atoms with E-state index in [0.29, 0.717) is 24.7 Å². The number of esters is 2. The zero-order valence-electron chi connectivity index (χ0n) is 25.0. The summed E-state index contributed by atoms with van der Waals surface area (Å²) in [4.78, 5) is 24.7. The largest absolute Gasteiger partial charge is 0.427 e. The molecule has 4 rings (SSSR count). The third-order valence-corrected chi connectivity index (χ3v) is 7.05. The Kier molecular flexibility index (Phi) is 12.2. The van der Waals surface area contributed by atoms with E-state index in [9.17, 15) is 9.59 Å². The van der Waals surface area contributed by atoms with Crippen LogP contribution in [0.2, 0.25) is 0 Å². The highest BCUT2D eigenvalue weighted by Gasteiger charge is 2.13. The van der Waals surface area contributed by atoms with E-state index in [1.807, 2.05) is 86.6 Å². The monoisotopic (exact) mass is 598 g/mol.